The zero-order valence-electron chi connectivity index (χ0n) is 19.5. The van der Waals surface area contributed by atoms with Crippen LogP contribution in [0.25, 0.3) is 0 Å². The molecule has 1 aromatic heterocycles. The second kappa shape index (κ2) is 9.65. The minimum absolute atomic E-state index is 0.00769. The third-order valence-corrected chi connectivity index (χ3v) is 7.50. The molecule has 172 valence electrons. The van der Waals surface area contributed by atoms with E-state index in [-0.39, 0.29) is 36.4 Å². The number of carbonyl (C=O) groups is 2. The van der Waals surface area contributed by atoms with Gasteiger partial charge in [0, 0.05) is 23.4 Å². The summed E-state index contributed by atoms with van der Waals surface area (Å²) in [7, 11) is 0. The molecule has 2 heterocycles. The molecule has 1 fully saturated rings. The van der Waals surface area contributed by atoms with E-state index in [9.17, 15) is 9.59 Å². The average molecular weight is 455 g/mol. The van der Waals surface area contributed by atoms with Gasteiger partial charge in [0.15, 0.2) is 0 Å². The Morgan fingerprint density at radius 2 is 1.84 bits per heavy atom. The molecule has 5 nitrogen and oxygen atoms in total. The van der Waals surface area contributed by atoms with Gasteiger partial charge in [0.1, 0.15) is 18.9 Å². The van der Waals surface area contributed by atoms with E-state index in [1.165, 1.54) is 16.0 Å². The number of fused-ring (bicyclic) bond motifs is 1. The van der Waals surface area contributed by atoms with Crippen LogP contribution < -0.4 is 4.74 Å². The van der Waals surface area contributed by atoms with E-state index in [0.29, 0.717) is 19.1 Å². The highest BCUT2D eigenvalue weighted by Gasteiger charge is 2.38. The topological polar surface area (TPSA) is 49.9 Å². The molecule has 1 aliphatic heterocycles. The highest BCUT2D eigenvalue weighted by molar-refractivity contribution is 7.10. The van der Waals surface area contributed by atoms with Crippen LogP contribution in [0.3, 0.4) is 0 Å². The summed E-state index contributed by atoms with van der Waals surface area (Å²) in [5.41, 5.74) is 2.46. The van der Waals surface area contributed by atoms with Crippen LogP contribution in [-0.4, -0.2) is 47.4 Å². The predicted octanol–water partition coefficient (Wildman–Crippen LogP) is 5.02. The van der Waals surface area contributed by atoms with Gasteiger partial charge in [-0.15, -0.1) is 11.3 Å². The largest absolute Gasteiger partial charge is 0.491 e. The van der Waals surface area contributed by atoms with Gasteiger partial charge in [-0.1, -0.05) is 26.0 Å². The Kier molecular flexibility index (Phi) is 6.89. The zero-order valence-corrected chi connectivity index (χ0v) is 20.4. The van der Waals surface area contributed by atoms with Crippen molar-refractivity contribution in [2.45, 2.75) is 65.0 Å². The maximum absolute atomic E-state index is 13.4. The van der Waals surface area contributed by atoms with Crippen molar-refractivity contribution in [1.29, 1.82) is 0 Å². The fourth-order valence-corrected chi connectivity index (χ4v) is 5.24. The first kappa shape index (κ1) is 22.8. The van der Waals surface area contributed by atoms with Crippen molar-refractivity contribution in [3.8, 4) is 5.75 Å². The quantitative estimate of drug-likeness (QED) is 0.563. The highest BCUT2D eigenvalue weighted by atomic mass is 32.1. The van der Waals surface area contributed by atoms with E-state index in [0.717, 1.165) is 25.0 Å². The molecule has 2 aromatic rings. The summed E-state index contributed by atoms with van der Waals surface area (Å²) in [5, 5.41) is 2.10. The lowest BCUT2D eigenvalue weighted by Crippen LogP contribution is -2.49. The second-order valence-electron chi connectivity index (χ2n) is 9.52. The maximum atomic E-state index is 13.4. The van der Waals surface area contributed by atoms with Crippen LogP contribution >= 0.6 is 11.3 Å². The number of carbonyl (C=O) groups excluding carboxylic acids is 2. The Labute approximate surface area is 195 Å². The Morgan fingerprint density at radius 3 is 2.47 bits per heavy atom. The lowest BCUT2D eigenvalue weighted by Gasteiger charge is -2.37. The molecule has 0 N–H and O–H groups in total. The smallest absolute Gasteiger partial charge is 0.242 e. The molecule has 2 aliphatic rings. The summed E-state index contributed by atoms with van der Waals surface area (Å²) in [4.78, 5) is 31.1. The number of amides is 2. The Bertz CT molecular complexity index is 946. The van der Waals surface area contributed by atoms with E-state index in [4.69, 9.17) is 4.74 Å². The summed E-state index contributed by atoms with van der Waals surface area (Å²) in [6, 6.07) is 10.2. The number of hydrogen-bond acceptors (Lipinski definition) is 4. The number of rotatable bonds is 8. The van der Waals surface area contributed by atoms with Gasteiger partial charge in [0.25, 0.3) is 0 Å². The van der Waals surface area contributed by atoms with Gasteiger partial charge < -0.3 is 14.5 Å². The summed E-state index contributed by atoms with van der Waals surface area (Å²) >= 11 is 1.75. The predicted molar refractivity (Wildman–Crippen MR) is 128 cm³/mol. The number of ether oxygens (including phenoxy) is 1. The summed E-state index contributed by atoms with van der Waals surface area (Å²) < 4.78 is 6.17. The lowest BCUT2D eigenvalue weighted by molar-refractivity contribution is -0.144. The monoisotopic (exact) mass is 454 g/mol. The molecule has 1 atom stereocenters. The molecule has 1 aliphatic carbocycles. The van der Waals surface area contributed by atoms with E-state index in [2.05, 4.69) is 37.4 Å². The van der Waals surface area contributed by atoms with Gasteiger partial charge >= 0.3 is 0 Å². The lowest BCUT2D eigenvalue weighted by atomic mass is 10.00. The second-order valence-corrected chi connectivity index (χ2v) is 10.5. The molecule has 0 spiro atoms. The van der Waals surface area contributed by atoms with Gasteiger partial charge in [0.05, 0.1) is 6.04 Å². The van der Waals surface area contributed by atoms with Crippen molar-refractivity contribution < 1.29 is 14.3 Å². The molecule has 0 radical (unpaired) electrons. The molecular formula is C26H34N2O3S. The summed E-state index contributed by atoms with van der Waals surface area (Å²) in [6.07, 6.45) is 2.76. The Morgan fingerprint density at radius 1 is 1.12 bits per heavy atom. The van der Waals surface area contributed by atoms with Crippen LogP contribution in [0.15, 0.2) is 35.7 Å². The molecule has 2 amide bonds. The maximum Gasteiger partial charge on any atom is 0.242 e. The van der Waals surface area contributed by atoms with Crippen LogP contribution in [0.2, 0.25) is 0 Å². The third kappa shape index (κ3) is 5.01. The highest BCUT2D eigenvalue weighted by Crippen LogP contribution is 2.35. The van der Waals surface area contributed by atoms with E-state index in [1.54, 1.807) is 16.2 Å². The standard InChI is InChI=1S/C26H34N2O3S/c1-17(2)19-7-9-21(10-8-19)31-16-23-22-12-14-32-24(22)11-13-27(23)25(29)15-28(18(3)4)26(30)20-5-6-20/h7-10,12,14,17-18,20,23H,5-6,11,13,15-16H2,1-4H3/t23-/m1/s1. The molecule has 6 heteroatoms. The molecule has 1 saturated carbocycles. The van der Waals surface area contributed by atoms with Gasteiger partial charge in [0.2, 0.25) is 11.8 Å². The molecule has 0 unspecified atom stereocenters. The van der Waals surface area contributed by atoms with Crippen molar-refractivity contribution in [2.24, 2.45) is 5.92 Å². The van der Waals surface area contributed by atoms with Crippen molar-refractivity contribution in [3.05, 3.63) is 51.7 Å². The SMILES string of the molecule is CC(C)c1ccc(OC[C@@H]2c3ccsc3CCN2C(=O)CN(C(=O)C2CC2)C(C)C)cc1. The summed E-state index contributed by atoms with van der Waals surface area (Å²) in [5.74, 6) is 1.54. The Hall–Kier alpha value is -2.34. The van der Waals surface area contributed by atoms with Crippen molar-refractivity contribution >= 4 is 23.2 Å². The summed E-state index contributed by atoms with van der Waals surface area (Å²) in [6.45, 7) is 9.54. The van der Waals surface area contributed by atoms with Gasteiger partial charge in [-0.3, -0.25) is 9.59 Å². The van der Waals surface area contributed by atoms with E-state index in [1.807, 2.05) is 30.9 Å². The normalized spacial score (nSPS) is 18.1. The van der Waals surface area contributed by atoms with E-state index < -0.39 is 0 Å². The van der Waals surface area contributed by atoms with Crippen molar-refractivity contribution in [2.75, 3.05) is 19.7 Å². The molecular weight excluding hydrogens is 420 g/mol. The number of nitrogens with zero attached hydrogens (tertiary/aromatic N) is 2. The van der Waals surface area contributed by atoms with Gasteiger partial charge in [-0.05, 0) is 73.7 Å². The number of benzene rings is 1. The fraction of sp³-hybridized carbons (Fsp3) is 0.538. The number of thiophene rings is 1. The molecule has 32 heavy (non-hydrogen) atoms. The van der Waals surface area contributed by atoms with Crippen LogP contribution in [0.5, 0.6) is 5.75 Å². The molecule has 0 saturated heterocycles. The first-order valence-corrected chi connectivity index (χ1v) is 12.6. The average Bonchev–Trinajstić information content (AvgIpc) is 3.52. The minimum Gasteiger partial charge on any atom is -0.491 e. The van der Waals surface area contributed by atoms with Crippen LogP contribution in [0.1, 0.15) is 68.5 Å². The van der Waals surface area contributed by atoms with Crippen LogP contribution in [0.4, 0.5) is 0 Å². The third-order valence-electron chi connectivity index (χ3n) is 6.51. The van der Waals surface area contributed by atoms with Crippen molar-refractivity contribution in [1.82, 2.24) is 9.80 Å². The molecule has 1 aromatic carbocycles. The minimum atomic E-state index is -0.132. The Balaban J connectivity index is 1.48. The van der Waals surface area contributed by atoms with Crippen LogP contribution in [-0.2, 0) is 16.0 Å². The fourth-order valence-electron chi connectivity index (χ4n) is 4.32. The van der Waals surface area contributed by atoms with Crippen molar-refractivity contribution in [3.63, 3.8) is 0 Å². The molecule has 4 rings (SSSR count). The van der Waals surface area contributed by atoms with Gasteiger partial charge in [-0.25, -0.2) is 0 Å². The van der Waals surface area contributed by atoms with Gasteiger partial charge in [-0.2, -0.15) is 0 Å². The number of hydrogen-bond donors (Lipinski definition) is 0. The first-order chi connectivity index (χ1) is 15.3. The first-order valence-electron chi connectivity index (χ1n) is 11.7. The molecule has 0 bridgehead atoms. The van der Waals surface area contributed by atoms with E-state index >= 15 is 0 Å². The zero-order chi connectivity index (χ0) is 22.8. The van der Waals surface area contributed by atoms with Crippen LogP contribution in [0, 0.1) is 5.92 Å².